The predicted molar refractivity (Wildman–Crippen MR) is 133 cm³/mol. The number of anilines is 1. The van der Waals surface area contributed by atoms with Gasteiger partial charge in [0, 0.05) is 17.7 Å². The summed E-state index contributed by atoms with van der Waals surface area (Å²) in [5.74, 6) is -0.0384. The van der Waals surface area contributed by atoms with Crippen LogP contribution in [0.4, 0.5) is 10.5 Å². The Balaban J connectivity index is 1.88. The molecule has 0 aliphatic rings. The number of amides is 2. The highest BCUT2D eigenvalue weighted by Crippen LogP contribution is 2.30. The first-order chi connectivity index (χ1) is 16.9. The van der Waals surface area contributed by atoms with E-state index in [4.69, 9.17) is 10.00 Å². The van der Waals surface area contributed by atoms with Crippen LogP contribution >= 0.6 is 11.8 Å². The van der Waals surface area contributed by atoms with Gasteiger partial charge in [-0.1, -0.05) is 30.3 Å². The molecule has 2 amide bonds. The molecule has 0 saturated carbocycles. The molecule has 1 aromatic heterocycles. The zero-order chi connectivity index (χ0) is 25.4. The molecule has 35 heavy (non-hydrogen) atoms. The largest absolute Gasteiger partial charge is 0.495 e. The summed E-state index contributed by atoms with van der Waals surface area (Å²) in [6, 6.07) is 15.4. The average Bonchev–Trinajstić information content (AvgIpc) is 2.85. The first kappa shape index (κ1) is 25.1. The lowest BCUT2D eigenvalue weighted by molar-refractivity contribution is 0.259. The topological polar surface area (TPSA) is 140 Å². The molecule has 0 fully saturated rings. The normalized spacial score (nSPS) is 10.5. The molecule has 0 unspecified atom stereocenters. The maximum atomic E-state index is 12.8. The van der Waals surface area contributed by atoms with Crippen LogP contribution in [0.2, 0.25) is 0 Å². The van der Waals surface area contributed by atoms with Gasteiger partial charge < -0.3 is 15.2 Å². The quantitative estimate of drug-likeness (QED) is 0.289. The number of thiocyanates is 1. The van der Waals surface area contributed by atoms with Crippen LogP contribution in [-0.2, 0) is 13.0 Å². The highest BCUT2D eigenvalue weighted by Gasteiger charge is 2.18. The number of nitrogens with one attached hydrogen (secondary N) is 1. The number of carbonyl (C=O) groups excluding carboxylic acids is 1. The molecule has 0 radical (unpaired) electrons. The molecule has 176 valence electrons. The van der Waals surface area contributed by atoms with Gasteiger partial charge in [0.05, 0.1) is 18.4 Å². The Morgan fingerprint density at radius 1 is 1.26 bits per heavy atom. The third-order valence-electron chi connectivity index (χ3n) is 5.20. The van der Waals surface area contributed by atoms with Gasteiger partial charge in [0.1, 0.15) is 22.8 Å². The lowest BCUT2D eigenvalue weighted by atomic mass is 10.1. The fourth-order valence-corrected chi connectivity index (χ4v) is 3.79. The summed E-state index contributed by atoms with van der Waals surface area (Å²) in [6.07, 6.45) is 1.57. The molecule has 3 rings (SSSR count). The second-order valence-electron chi connectivity index (χ2n) is 7.29. The predicted octanol–water partition coefficient (Wildman–Crippen LogP) is 4.21. The Hall–Kier alpha value is -4.54. The number of hydrogen-bond acceptors (Lipinski definition) is 7. The second-order valence-corrected chi connectivity index (χ2v) is 8.14. The summed E-state index contributed by atoms with van der Waals surface area (Å²) in [6.45, 7) is 1.65. The van der Waals surface area contributed by atoms with E-state index in [1.165, 1.54) is 14.0 Å². The van der Waals surface area contributed by atoms with Crippen molar-refractivity contribution in [3.63, 3.8) is 0 Å². The minimum absolute atomic E-state index is 0.0945. The summed E-state index contributed by atoms with van der Waals surface area (Å²) < 4.78 is 6.36. The van der Waals surface area contributed by atoms with E-state index in [-0.39, 0.29) is 29.1 Å². The van der Waals surface area contributed by atoms with Crippen molar-refractivity contribution in [1.82, 2.24) is 4.57 Å². The van der Waals surface area contributed by atoms with Crippen molar-refractivity contribution in [1.29, 1.82) is 10.5 Å². The van der Waals surface area contributed by atoms with Crippen molar-refractivity contribution in [3.8, 4) is 23.1 Å². The number of ether oxygens (including phenoxy) is 1. The Morgan fingerprint density at radius 2 is 2.00 bits per heavy atom. The molecule has 10 heteroatoms. The molecule has 0 saturated heterocycles. The first-order valence-electron chi connectivity index (χ1n) is 10.4. The number of aryl methyl sites for hydroxylation is 1. The maximum Gasteiger partial charge on any atom is 0.345 e. The van der Waals surface area contributed by atoms with Crippen LogP contribution in [0.3, 0.4) is 0 Å². The SMILES string of the molecule is COc1cc(SC#N)ccc1NC(=O)N=Cc1c(C)c(C#N)c(=O)n(CCc2ccccc2)c1O. The van der Waals surface area contributed by atoms with E-state index in [9.17, 15) is 20.0 Å². The third-order valence-corrected chi connectivity index (χ3v) is 5.78. The molecule has 0 aliphatic heterocycles. The summed E-state index contributed by atoms with van der Waals surface area (Å²) in [5, 5.41) is 33.6. The zero-order valence-corrected chi connectivity index (χ0v) is 19.8. The maximum absolute atomic E-state index is 12.8. The number of nitriles is 2. The number of rotatable bonds is 7. The summed E-state index contributed by atoms with van der Waals surface area (Å²) in [7, 11) is 1.43. The van der Waals surface area contributed by atoms with Crippen molar-refractivity contribution < 1.29 is 14.6 Å². The fourth-order valence-electron chi connectivity index (χ4n) is 3.38. The summed E-state index contributed by atoms with van der Waals surface area (Å²) in [5.41, 5.74) is 0.865. The molecule has 0 bridgehead atoms. The Labute approximate surface area is 205 Å². The molecule has 1 heterocycles. The smallest absolute Gasteiger partial charge is 0.345 e. The Kier molecular flexibility index (Phi) is 8.28. The number of carbonyl (C=O) groups is 1. The third kappa shape index (κ3) is 5.88. The van der Waals surface area contributed by atoms with Gasteiger partial charge in [-0.2, -0.15) is 10.5 Å². The van der Waals surface area contributed by atoms with Crippen molar-refractivity contribution in [2.24, 2.45) is 4.99 Å². The van der Waals surface area contributed by atoms with Gasteiger partial charge >= 0.3 is 6.03 Å². The Morgan fingerprint density at radius 3 is 2.66 bits per heavy atom. The number of nitrogens with zero attached hydrogens (tertiary/aromatic N) is 4. The van der Waals surface area contributed by atoms with Gasteiger partial charge in [-0.3, -0.25) is 9.36 Å². The Bertz CT molecular complexity index is 1420. The molecule has 2 aromatic carbocycles. The monoisotopic (exact) mass is 487 g/mol. The molecular formula is C25H21N5O4S. The van der Waals surface area contributed by atoms with Crippen molar-refractivity contribution >= 4 is 29.7 Å². The summed E-state index contributed by atoms with van der Waals surface area (Å²) >= 11 is 0.953. The number of thioether (sulfide) groups is 1. The number of methoxy groups -OCH3 is 1. The zero-order valence-electron chi connectivity index (χ0n) is 19.0. The van der Waals surface area contributed by atoms with Crippen LogP contribution in [0.1, 0.15) is 22.3 Å². The molecular weight excluding hydrogens is 466 g/mol. The molecule has 9 nitrogen and oxygen atoms in total. The first-order valence-corrected chi connectivity index (χ1v) is 11.2. The van der Waals surface area contributed by atoms with E-state index in [0.29, 0.717) is 22.8 Å². The van der Waals surface area contributed by atoms with Crippen LogP contribution < -0.4 is 15.6 Å². The van der Waals surface area contributed by atoms with E-state index < -0.39 is 11.6 Å². The number of benzene rings is 2. The minimum atomic E-state index is -0.761. The highest BCUT2D eigenvalue weighted by atomic mass is 32.2. The van der Waals surface area contributed by atoms with Gasteiger partial charge in [0.2, 0.25) is 5.88 Å². The van der Waals surface area contributed by atoms with Gasteiger partial charge in [-0.15, -0.1) is 0 Å². The highest BCUT2D eigenvalue weighted by molar-refractivity contribution is 8.03. The number of urea groups is 1. The summed E-state index contributed by atoms with van der Waals surface area (Å²) in [4.78, 5) is 29.7. The number of aromatic nitrogens is 1. The fraction of sp³-hybridized carbons (Fsp3) is 0.160. The van der Waals surface area contributed by atoms with E-state index in [0.717, 1.165) is 28.1 Å². The van der Waals surface area contributed by atoms with E-state index in [1.54, 1.807) is 18.2 Å². The van der Waals surface area contributed by atoms with Crippen LogP contribution in [-0.4, -0.2) is 29.0 Å². The molecule has 0 atom stereocenters. The number of aromatic hydroxyl groups is 1. The van der Waals surface area contributed by atoms with Gasteiger partial charge in [-0.25, -0.2) is 9.79 Å². The number of aliphatic imine (C=N–C) groups is 1. The average molecular weight is 488 g/mol. The van der Waals surface area contributed by atoms with Crippen LogP contribution in [0.15, 0.2) is 63.2 Å². The minimum Gasteiger partial charge on any atom is -0.495 e. The van der Waals surface area contributed by atoms with Crippen molar-refractivity contribution in [2.75, 3.05) is 12.4 Å². The number of pyridine rings is 1. The van der Waals surface area contributed by atoms with Gasteiger partial charge in [0.15, 0.2) is 0 Å². The lowest BCUT2D eigenvalue weighted by Crippen LogP contribution is -2.26. The molecule has 0 spiro atoms. The molecule has 2 N–H and O–H groups in total. The van der Waals surface area contributed by atoms with Gasteiger partial charge in [-0.05, 0) is 54.4 Å². The lowest BCUT2D eigenvalue weighted by Gasteiger charge is -2.14. The second kappa shape index (κ2) is 11.5. The standard InChI is InChI=1S/C25H21N5O4S/c1-16-19(13-26)23(31)30(11-10-17-6-4-3-5-7-17)24(32)20(16)14-28-25(33)29-21-9-8-18(35-15-27)12-22(21)34-2/h3-9,12,14,32H,10-11H2,1-2H3,(H,29,33). The van der Waals surface area contributed by atoms with Crippen molar-refractivity contribution in [3.05, 3.63) is 81.1 Å². The van der Waals surface area contributed by atoms with E-state index >= 15 is 0 Å². The number of hydrogen-bond donors (Lipinski definition) is 2. The molecule has 0 aliphatic carbocycles. The van der Waals surface area contributed by atoms with E-state index in [2.05, 4.69) is 10.3 Å². The molecule has 3 aromatic rings. The van der Waals surface area contributed by atoms with Gasteiger partial charge in [0.25, 0.3) is 5.56 Å². The van der Waals surface area contributed by atoms with Crippen molar-refractivity contribution in [2.45, 2.75) is 24.8 Å². The van der Waals surface area contributed by atoms with Crippen LogP contribution in [0.5, 0.6) is 11.6 Å². The van der Waals surface area contributed by atoms with Crippen LogP contribution in [0.25, 0.3) is 0 Å². The van der Waals surface area contributed by atoms with Crippen LogP contribution in [0, 0.1) is 28.9 Å². The van der Waals surface area contributed by atoms with E-state index in [1.807, 2.05) is 41.8 Å².